The molecule has 1 nitrogen and oxygen atoms in total. The van der Waals surface area contributed by atoms with Gasteiger partial charge in [0.15, 0.2) is 0 Å². The van der Waals surface area contributed by atoms with Crippen LogP contribution in [0.2, 0.25) is 0 Å². The third kappa shape index (κ3) is 1.11. The van der Waals surface area contributed by atoms with Crippen molar-refractivity contribution in [3.8, 4) is 0 Å². The van der Waals surface area contributed by atoms with Crippen LogP contribution in [0.5, 0.6) is 0 Å². The van der Waals surface area contributed by atoms with Gasteiger partial charge in [-0.2, -0.15) is 0 Å². The Labute approximate surface area is 72.0 Å². The van der Waals surface area contributed by atoms with Crippen molar-refractivity contribution in [3.05, 3.63) is 36.3 Å². The second kappa shape index (κ2) is 3.02. The maximum atomic E-state index is 5.46. The van der Waals surface area contributed by atoms with E-state index in [-0.39, 0.29) is 0 Å². The van der Waals surface area contributed by atoms with Gasteiger partial charge in [-0.05, 0) is 6.42 Å². The fraction of sp³-hybridized carbons (Fsp3) is 0.273. The topological polar surface area (TPSA) is 13.1 Å². The lowest BCUT2D eigenvalue weighted by Crippen LogP contribution is -1.77. The summed E-state index contributed by atoms with van der Waals surface area (Å²) >= 11 is 0. The first-order chi connectivity index (χ1) is 5.92. The summed E-state index contributed by atoms with van der Waals surface area (Å²) in [6.45, 7) is 2.16. The first-order valence-electron chi connectivity index (χ1n) is 4.37. The molecule has 0 spiro atoms. The Morgan fingerprint density at radius 3 is 2.92 bits per heavy atom. The molecule has 0 saturated carbocycles. The van der Waals surface area contributed by atoms with Crippen molar-refractivity contribution in [1.29, 1.82) is 0 Å². The van der Waals surface area contributed by atoms with Crippen molar-refractivity contribution in [3.63, 3.8) is 0 Å². The van der Waals surface area contributed by atoms with Crippen LogP contribution in [-0.2, 0) is 6.42 Å². The maximum absolute atomic E-state index is 5.46. The van der Waals surface area contributed by atoms with Gasteiger partial charge in [-0.3, -0.25) is 0 Å². The molecule has 0 unspecified atom stereocenters. The molecule has 1 aromatic heterocycles. The van der Waals surface area contributed by atoms with E-state index in [1.165, 1.54) is 10.8 Å². The molecule has 1 aromatic carbocycles. The number of hydrogen-bond acceptors (Lipinski definition) is 1. The first kappa shape index (κ1) is 7.41. The number of fused-ring (bicyclic) bond motifs is 1. The number of benzene rings is 1. The lowest BCUT2D eigenvalue weighted by molar-refractivity contribution is 0.512. The van der Waals surface area contributed by atoms with Crippen LogP contribution in [0, 0.1) is 0 Å². The molecular formula is C11H12O. The molecule has 0 N–H and O–H groups in total. The van der Waals surface area contributed by atoms with Crippen LogP contribution < -0.4 is 0 Å². The van der Waals surface area contributed by atoms with Crippen molar-refractivity contribution in [2.75, 3.05) is 0 Å². The minimum atomic E-state index is 1.04. The van der Waals surface area contributed by atoms with Gasteiger partial charge in [0.05, 0.1) is 6.26 Å². The van der Waals surface area contributed by atoms with Crippen LogP contribution in [0.1, 0.15) is 19.1 Å². The predicted molar refractivity (Wildman–Crippen MR) is 50.2 cm³/mol. The highest BCUT2D eigenvalue weighted by Crippen LogP contribution is 2.21. The molecular weight excluding hydrogens is 148 g/mol. The first-order valence-corrected chi connectivity index (χ1v) is 4.37. The molecule has 12 heavy (non-hydrogen) atoms. The monoisotopic (exact) mass is 160 g/mol. The summed E-state index contributed by atoms with van der Waals surface area (Å²) in [5, 5.41) is 2.47. The maximum Gasteiger partial charge on any atom is 0.111 e. The van der Waals surface area contributed by atoms with E-state index in [4.69, 9.17) is 4.42 Å². The molecule has 0 radical (unpaired) electrons. The molecule has 0 aliphatic carbocycles. The highest BCUT2D eigenvalue weighted by Gasteiger charge is 2.02. The number of furan rings is 1. The van der Waals surface area contributed by atoms with Gasteiger partial charge < -0.3 is 4.42 Å². The van der Waals surface area contributed by atoms with Crippen LogP contribution in [0.15, 0.2) is 34.9 Å². The van der Waals surface area contributed by atoms with Crippen LogP contribution >= 0.6 is 0 Å². The quantitative estimate of drug-likeness (QED) is 0.656. The molecule has 0 aliphatic rings. The second-order valence-corrected chi connectivity index (χ2v) is 3.00. The van der Waals surface area contributed by atoms with Gasteiger partial charge in [-0.15, -0.1) is 0 Å². The Morgan fingerprint density at radius 2 is 2.08 bits per heavy atom. The minimum Gasteiger partial charge on any atom is -0.468 e. The molecule has 2 aromatic rings. The number of hydrogen-bond donors (Lipinski definition) is 0. The van der Waals surface area contributed by atoms with Crippen molar-refractivity contribution in [1.82, 2.24) is 0 Å². The van der Waals surface area contributed by atoms with Crippen molar-refractivity contribution >= 4 is 10.8 Å². The lowest BCUT2D eigenvalue weighted by Gasteiger charge is -1.92. The molecule has 0 saturated heterocycles. The van der Waals surface area contributed by atoms with E-state index >= 15 is 0 Å². The lowest BCUT2D eigenvalue weighted by atomic mass is 10.1. The SMILES string of the molecule is CCCc1occ2ccccc12. The zero-order valence-electron chi connectivity index (χ0n) is 7.21. The van der Waals surface area contributed by atoms with Gasteiger partial charge in [-0.25, -0.2) is 0 Å². The van der Waals surface area contributed by atoms with Crippen LogP contribution in [0.4, 0.5) is 0 Å². The summed E-state index contributed by atoms with van der Waals surface area (Å²) in [6, 6.07) is 8.28. The normalized spacial score (nSPS) is 10.8. The molecule has 1 heterocycles. The van der Waals surface area contributed by atoms with Gasteiger partial charge in [0.1, 0.15) is 5.76 Å². The zero-order chi connectivity index (χ0) is 8.39. The summed E-state index contributed by atoms with van der Waals surface area (Å²) in [4.78, 5) is 0. The predicted octanol–water partition coefficient (Wildman–Crippen LogP) is 3.39. The third-order valence-corrected chi connectivity index (χ3v) is 2.07. The van der Waals surface area contributed by atoms with Gasteiger partial charge in [0.2, 0.25) is 0 Å². The molecule has 2 rings (SSSR count). The van der Waals surface area contributed by atoms with Crippen molar-refractivity contribution < 1.29 is 4.42 Å². The average molecular weight is 160 g/mol. The number of aryl methyl sites for hydroxylation is 1. The molecule has 0 aliphatic heterocycles. The van der Waals surface area contributed by atoms with Crippen LogP contribution in [0.3, 0.4) is 0 Å². The fourth-order valence-corrected chi connectivity index (χ4v) is 1.47. The molecule has 62 valence electrons. The molecule has 0 atom stereocenters. The van der Waals surface area contributed by atoms with E-state index < -0.39 is 0 Å². The molecule has 0 amide bonds. The van der Waals surface area contributed by atoms with E-state index in [1.807, 2.05) is 12.3 Å². The molecule has 0 fully saturated rings. The van der Waals surface area contributed by atoms with E-state index in [0.717, 1.165) is 18.6 Å². The van der Waals surface area contributed by atoms with Crippen molar-refractivity contribution in [2.24, 2.45) is 0 Å². The Hall–Kier alpha value is -1.24. The minimum absolute atomic E-state index is 1.04. The smallest absolute Gasteiger partial charge is 0.111 e. The van der Waals surface area contributed by atoms with Gasteiger partial charge >= 0.3 is 0 Å². The Bertz CT molecular complexity index is 373. The highest BCUT2D eigenvalue weighted by atomic mass is 16.3. The zero-order valence-corrected chi connectivity index (χ0v) is 7.21. The Kier molecular flexibility index (Phi) is 1.86. The van der Waals surface area contributed by atoms with Gasteiger partial charge in [0, 0.05) is 17.2 Å². The largest absolute Gasteiger partial charge is 0.468 e. The second-order valence-electron chi connectivity index (χ2n) is 3.00. The Morgan fingerprint density at radius 1 is 1.25 bits per heavy atom. The van der Waals surface area contributed by atoms with Crippen LogP contribution in [-0.4, -0.2) is 0 Å². The van der Waals surface area contributed by atoms with Gasteiger partial charge in [0.25, 0.3) is 0 Å². The summed E-state index contributed by atoms with van der Waals surface area (Å²) < 4.78 is 5.46. The fourth-order valence-electron chi connectivity index (χ4n) is 1.47. The summed E-state index contributed by atoms with van der Waals surface area (Å²) in [5.41, 5.74) is 0. The van der Waals surface area contributed by atoms with Gasteiger partial charge in [-0.1, -0.05) is 31.2 Å². The van der Waals surface area contributed by atoms with E-state index in [1.54, 1.807) is 0 Å². The van der Waals surface area contributed by atoms with Crippen molar-refractivity contribution in [2.45, 2.75) is 19.8 Å². The Balaban J connectivity index is 2.55. The highest BCUT2D eigenvalue weighted by molar-refractivity contribution is 5.83. The van der Waals surface area contributed by atoms with Crippen LogP contribution in [0.25, 0.3) is 10.8 Å². The summed E-state index contributed by atoms with van der Waals surface area (Å²) in [5.74, 6) is 1.12. The van der Waals surface area contributed by atoms with E-state index in [0.29, 0.717) is 0 Å². The number of rotatable bonds is 2. The van der Waals surface area contributed by atoms with E-state index in [9.17, 15) is 0 Å². The standard InChI is InChI=1S/C11H12O/c1-2-5-11-10-7-4-3-6-9(10)8-12-11/h3-4,6-8H,2,5H2,1H3. The molecule has 0 bridgehead atoms. The summed E-state index contributed by atoms with van der Waals surface area (Å²) in [7, 11) is 0. The summed E-state index contributed by atoms with van der Waals surface area (Å²) in [6.07, 6.45) is 4.01. The van der Waals surface area contributed by atoms with E-state index in [2.05, 4.69) is 25.1 Å². The average Bonchev–Trinajstić information content (AvgIpc) is 2.50. The molecule has 1 heteroatoms. The third-order valence-electron chi connectivity index (χ3n) is 2.07.